The Morgan fingerprint density at radius 3 is 2.70 bits per heavy atom. The van der Waals surface area contributed by atoms with Crippen LogP contribution in [0, 0.1) is 0 Å². The van der Waals surface area contributed by atoms with Gasteiger partial charge in [-0.05, 0) is 30.3 Å². The average Bonchev–Trinajstić information content (AvgIpc) is 3.01. The molecule has 1 heterocycles. The van der Waals surface area contributed by atoms with Crippen LogP contribution in [0.1, 0.15) is 10.4 Å². The molecule has 2 aromatic rings. The van der Waals surface area contributed by atoms with Crippen LogP contribution in [0.2, 0.25) is 0 Å². The first kappa shape index (κ1) is 14.1. The zero-order chi connectivity index (χ0) is 14.4. The second kappa shape index (κ2) is 6.73. The Morgan fingerprint density at radius 1 is 1.30 bits per heavy atom. The molecular formula is C16H18N2O2. The third-order valence-electron chi connectivity index (χ3n) is 3.00. The van der Waals surface area contributed by atoms with Gasteiger partial charge in [-0.3, -0.25) is 4.79 Å². The standard InChI is InChI=1S/C16H18N2O2/c1-2-8-18(11-12-19)16(20)14-6-5-7-15(13-14)17-9-3-4-10-17/h2-7,9-10,13,19H,1,8,11-12H2. The van der Waals surface area contributed by atoms with E-state index in [2.05, 4.69) is 6.58 Å². The fraction of sp³-hybridized carbons (Fsp3) is 0.188. The zero-order valence-corrected chi connectivity index (χ0v) is 11.3. The maximum absolute atomic E-state index is 12.4. The normalized spacial score (nSPS) is 10.2. The van der Waals surface area contributed by atoms with Crippen molar-refractivity contribution in [1.29, 1.82) is 0 Å². The molecule has 0 spiro atoms. The molecule has 2 rings (SSSR count). The maximum atomic E-state index is 12.4. The quantitative estimate of drug-likeness (QED) is 0.817. The monoisotopic (exact) mass is 270 g/mol. The molecule has 0 radical (unpaired) electrons. The van der Waals surface area contributed by atoms with Crippen molar-refractivity contribution in [2.24, 2.45) is 0 Å². The predicted octanol–water partition coefficient (Wildman–Crippen LogP) is 2.10. The van der Waals surface area contributed by atoms with Crippen molar-refractivity contribution in [3.05, 3.63) is 67.0 Å². The van der Waals surface area contributed by atoms with E-state index in [-0.39, 0.29) is 12.5 Å². The molecule has 1 aromatic carbocycles. The number of aromatic nitrogens is 1. The van der Waals surface area contributed by atoms with Gasteiger partial charge in [0.2, 0.25) is 0 Å². The van der Waals surface area contributed by atoms with E-state index in [0.717, 1.165) is 5.69 Å². The van der Waals surface area contributed by atoms with Gasteiger partial charge in [0.1, 0.15) is 0 Å². The van der Waals surface area contributed by atoms with Crippen molar-refractivity contribution in [2.45, 2.75) is 0 Å². The van der Waals surface area contributed by atoms with Gasteiger partial charge in [-0.15, -0.1) is 6.58 Å². The average molecular weight is 270 g/mol. The highest BCUT2D eigenvalue weighted by Gasteiger charge is 2.14. The highest BCUT2D eigenvalue weighted by Crippen LogP contribution is 2.13. The number of hydrogen-bond acceptors (Lipinski definition) is 2. The molecule has 0 aliphatic carbocycles. The number of nitrogens with zero attached hydrogens (tertiary/aromatic N) is 2. The molecule has 1 aromatic heterocycles. The fourth-order valence-electron chi connectivity index (χ4n) is 2.04. The van der Waals surface area contributed by atoms with Crippen molar-refractivity contribution < 1.29 is 9.90 Å². The molecule has 0 saturated carbocycles. The first-order valence-electron chi connectivity index (χ1n) is 6.50. The van der Waals surface area contributed by atoms with Crippen LogP contribution in [0.4, 0.5) is 0 Å². The van der Waals surface area contributed by atoms with Crippen LogP contribution in [0.3, 0.4) is 0 Å². The number of aliphatic hydroxyl groups excluding tert-OH is 1. The highest BCUT2D eigenvalue weighted by molar-refractivity contribution is 5.94. The summed E-state index contributed by atoms with van der Waals surface area (Å²) in [7, 11) is 0. The number of rotatable bonds is 6. The summed E-state index contributed by atoms with van der Waals surface area (Å²) in [5.41, 5.74) is 1.54. The molecule has 0 aliphatic heterocycles. The summed E-state index contributed by atoms with van der Waals surface area (Å²) >= 11 is 0. The lowest BCUT2D eigenvalue weighted by molar-refractivity contribution is 0.0743. The van der Waals surface area contributed by atoms with Gasteiger partial charge in [0, 0.05) is 36.7 Å². The molecule has 0 fully saturated rings. The maximum Gasteiger partial charge on any atom is 0.254 e. The summed E-state index contributed by atoms with van der Waals surface area (Å²) < 4.78 is 1.95. The SMILES string of the molecule is C=CCN(CCO)C(=O)c1cccc(-n2cccc2)c1. The minimum absolute atomic E-state index is 0.0587. The van der Waals surface area contributed by atoms with E-state index in [1.807, 2.05) is 47.3 Å². The minimum Gasteiger partial charge on any atom is -0.395 e. The molecule has 0 bridgehead atoms. The Labute approximate surface area is 118 Å². The summed E-state index contributed by atoms with van der Waals surface area (Å²) in [6, 6.07) is 11.3. The largest absolute Gasteiger partial charge is 0.395 e. The molecule has 1 amide bonds. The Kier molecular flexibility index (Phi) is 4.74. The lowest BCUT2D eigenvalue weighted by Crippen LogP contribution is -2.33. The molecule has 20 heavy (non-hydrogen) atoms. The van der Waals surface area contributed by atoms with Gasteiger partial charge in [-0.2, -0.15) is 0 Å². The van der Waals surface area contributed by atoms with Gasteiger partial charge >= 0.3 is 0 Å². The highest BCUT2D eigenvalue weighted by atomic mass is 16.3. The van der Waals surface area contributed by atoms with Crippen LogP contribution in [0.15, 0.2) is 61.4 Å². The Bertz CT molecular complexity index is 576. The van der Waals surface area contributed by atoms with E-state index in [1.54, 1.807) is 17.0 Å². The van der Waals surface area contributed by atoms with Gasteiger partial charge in [0.05, 0.1) is 6.61 Å². The molecule has 104 valence electrons. The van der Waals surface area contributed by atoms with Gasteiger partial charge in [-0.25, -0.2) is 0 Å². The number of carbonyl (C=O) groups excluding carboxylic acids is 1. The van der Waals surface area contributed by atoms with Crippen LogP contribution in [0.25, 0.3) is 5.69 Å². The lowest BCUT2D eigenvalue weighted by atomic mass is 10.1. The lowest BCUT2D eigenvalue weighted by Gasteiger charge is -2.20. The smallest absolute Gasteiger partial charge is 0.254 e. The molecule has 0 saturated heterocycles. The molecule has 0 unspecified atom stereocenters. The van der Waals surface area contributed by atoms with E-state index in [0.29, 0.717) is 18.7 Å². The molecular weight excluding hydrogens is 252 g/mol. The Morgan fingerprint density at radius 2 is 2.05 bits per heavy atom. The number of amides is 1. The van der Waals surface area contributed by atoms with E-state index < -0.39 is 0 Å². The van der Waals surface area contributed by atoms with Crippen molar-refractivity contribution >= 4 is 5.91 Å². The topological polar surface area (TPSA) is 45.5 Å². The number of benzene rings is 1. The second-order valence-corrected chi connectivity index (χ2v) is 4.40. The van der Waals surface area contributed by atoms with Crippen molar-refractivity contribution in [3.8, 4) is 5.69 Å². The van der Waals surface area contributed by atoms with Gasteiger partial charge in [0.15, 0.2) is 0 Å². The first-order valence-corrected chi connectivity index (χ1v) is 6.50. The van der Waals surface area contributed by atoms with E-state index in [4.69, 9.17) is 5.11 Å². The van der Waals surface area contributed by atoms with Crippen LogP contribution < -0.4 is 0 Å². The van der Waals surface area contributed by atoms with E-state index in [1.165, 1.54) is 0 Å². The molecule has 0 aliphatic rings. The second-order valence-electron chi connectivity index (χ2n) is 4.40. The third kappa shape index (κ3) is 3.16. The summed E-state index contributed by atoms with van der Waals surface area (Å²) in [4.78, 5) is 14.0. The predicted molar refractivity (Wildman–Crippen MR) is 79.0 cm³/mol. The summed E-state index contributed by atoms with van der Waals surface area (Å²) in [6.07, 6.45) is 5.51. The van der Waals surface area contributed by atoms with E-state index >= 15 is 0 Å². The summed E-state index contributed by atoms with van der Waals surface area (Å²) in [5, 5.41) is 9.03. The Hall–Kier alpha value is -2.33. The van der Waals surface area contributed by atoms with Crippen molar-refractivity contribution in [2.75, 3.05) is 19.7 Å². The van der Waals surface area contributed by atoms with Crippen LogP contribution in [-0.4, -0.2) is 40.2 Å². The van der Waals surface area contributed by atoms with Gasteiger partial charge < -0.3 is 14.6 Å². The van der Waals surface area contributed by atoms with Crippen LogP contribution in [-0.2, 0) is 0 Å². The van der Waals surface area contributed by atoms with Crippen molar-refractivity contribution in [3.63, 3.8) is 0 Å². The van der Waals surface area contributed by atoms with E-state index in [9.17, 15) is 4.79 Å². The van der Waals surface area contributed by atoms with Crippen molar-refractivity contribution in [1.82, 2.24) is 9.47 Å². The summed E-state index contributed by atoms with van der Waals surface area (Å²) in [5.74, 6) is -0.104. The third-order valence-corrected chi connectivity index (χ3v) is 3.00. The minimum atomic E-state index is -0.104. The Balaban J connectivity index is 2.25. The number of hydrogen-bond donors (Lipinski definition) is 1. The molecule has 4 nitrogen and oxygen atoms in total. The molecule has 1 N–H and O–H groups in total. The fourth-order valence-corrected chi connectivity index (χ4v) is 2.04. The first-order chi connectivity index (χ1) is 9.76. The van der Waals surface area contributed by atoms with Gasteiger partial charge in [0.25, 0.3) is 5.91 Å². The molecule has 0 atom stereocenters. The number of aliphatic hydroxyl groups is 1. The van der Waals surface area contributed by atoms with Gasteiger partial charge in [-0.1, -0.05) is 12.1 Å². The van der Waals surface area contributed by atoms with Crippen LogP contribution >= 0.6 is 0 Å². The number of carbonyl (C=O) groups is 1. The molecule has 4 heteroatoms. The van der Waals surface area contributed by atoms with Crippen LogP contribution in [0.5, 0.6) is 0 Å². The zero-order valence-electron chi connectivity index (χ0n) is 11.3. The summed E-state index contributed by atoms with van der Waals surface area (Å²) in [6.45, 7) is 4.31.